The average molecular weight is 443 g/mol. The number of hydrogen-bond donors (Lipinski definition) is 1. The predicted octanol–water partition coefficient (Wildman–Crippen LogP) is 3.85. The standard InChI is InChI=1S/C23H26N2O5S/c1-16-17(2)25(13-14-29-3)22(21(16)31(27,28)20-11-6-5-7-12-20)24-23(26)18-9-8-10-19(15-18)30-4/h5-12,15H,13-14H2,1-4H3,(H,24,26). The van der Waals surface area contributed by atoms with Gasteiger partial charge in [-0.15, -0.1) is 0 Å². The summed E-state index contributed by atoms with van der Waals surface area (Å²) in [6.07, 6.45) is 0. The number of sulfone groups is 1. The van der Waals surface area contributed by atoms with Crippen molar-refractivity contribution in [1.29, 1.82) is 0 Å². The Kier molecular flexibility index (Phi) is 6.82. The van der Waals surface area contributed by atoms with Gasteiger partial charge in [-0.3, -0.25) is 4.79 Å². The van der Waals surface area contributed by atoms with Gasteiger partial charge in [0.2, 0.25) is 9.84 Å². The second-order valence-corrected chi connectivity index (χ2v) is 8.92. The second kappa shape index (κ2) is 9.36. The number of aromatic nitrogens is 1. The second-order valence-electron chi connectivity index (χ2n) is 7.04. The minimum Gasteiger partial charge on any atom is -0.497 e. The molecule has 0 spiro atoms. The normalized spacial score (nSPS) is 11.4. The molecule has 3 aromatic rings. The fraction of sp³-hybridized carbons (Fsp3) is 0.261. The number of carbonyl (C=O) groups excluding carboxylic acids is 1. The van der Waals surface area contributed by atoms with Crippen molar-refractivity contribution in [2.45, 2.75) is 30.2 Å². The van der Waals surface area contributed by atoms with Gasteiger partial charge in [-0.25, -0.2) is 8.42 Å². The number of nitrogens with zero attached hydrogens (tertiary/aromatic N) is 1. The average Bonchev–Trinajstić information content (AvgIpc) is 3.02. The van der Waals surface area contributed by atoms with Crippen LogP contribution < -0.4 is 10.1 Å². The van der Waals surface area contributed by atoms with Crippen molar-refractivity contribution < 1.29 is 22.7 Å². The summed E-state index contributed by atoms with van der Waals surface area (Å²) in [4.78, 5) is 13.3. The summed E-state index contributed by atoms with van der Waals surface area (Å²) in [6.45, 7) is 4.33. The zero-order valence-corrected chi connectivity index (χ0v) is 18.8. The summed E-state index contributed by atoms with van der Waals surface area (Å²) in [7, 11) is -0.779. The lowest BCUT2D eigenvalue weighted by Gasteiger charge is -2.14. The van der Waals surface area contributed by atoms with Crippen LogP contribution in [0.5, 0.6) is 5.75 Å². The molecule has 0 unspecified atom stereocenters. The molecule has 0 atom stereocenters. The zero-order valence-electron chi connectivity index (χ0n) is 18.0. The lowest BCUT2D eigenvalue weighted by Crippen LogP contribution is -2.19. The smallest absolute Gasteiger partial charge is 0.256 e. The fourth-order valence-electron chi connectivity index (χ4n) is 3.41. The fourth-order valence-corrected chi connectivity index (χ4v) is 5.13. The van der Waals surface area contributed by atoms with Crippen LogP contribution in [0.4, 0.5) is 5.82 Å². The molecule has 1 amide bonds. The number of benzene rings is 2. The van der Waals surface area contributed by atoms with Gasteiger partial charge in [-0.2, -0.15) is 0 Å². The highest BCUT2D eigenvalue weighted by Crippen LogP contribution is 2.35. The number of nitrogens with one attached hydrogen (secondary N) is 1. The molecule has 1 N–H and O–H groups in total. The molecule has 0 saturated heterocycles. The Morgan fingerprint density at radius 1 is 1.03 bits per heavy atom. The molecule has 2 aromatic carbocycles. The van der Waals surface area contributed by atoms with Crippen molar-refractivity contribution in [3.8, 4) is 5.75 Å². The van der Waals surface area contributed by atoms with Gasteiger partial charge in [0.05, 0.1) is 18.6 Å². The SMILES string of the molecule is COCCn1c(C)c(C)c(S(=O)(=O)c2ccccc2)c1NC(=O)c1cccc(OC)c1. The third-order valence-corrected chi connectivity index (χ3v) is 7.11. The van der Waals surface area contributed by atoms with Crippen molar-refractivity contribution in [2.75, 3.05) is 26.1 Å². The van der Waals surface area contributed by atoms with Gasteiger partial charge >= 0.3 is 0 Å². The summed E-state index contributed by atoms with van der Waals surface area (Å²) in [5, 5.41) is 2.83. The van der Waals surface area contributed by atoms with Crippen LogP contribution >= 0.6 is 0 Å². The largest absolute Gasteiger partial charge is 0.497 e. The molecule has 0 saturated carbocycles. The van der Waals surface area contributed by atoms with E-state index in [2.05, 4.69) is 5.32 Å². The first-order valence-corrected chi connectivity index (χ1v) is 11.2. The molecule has 0 radical (unpaired) electrons. The molecule has 0 aliphatic rings. The first-order valence-electron chi connectivity index (χ1n) is 9.75. The van der Waals surface area contributed by atoms with Crippen molar-refractivity contribution in [1.82, 2.24) is 4.57 Å². The van der Waals surface area contributed by atoms with E-state index in [1.807, 2.05) is 6.92 Å². The molecule has 8 heteroatoms. The van der Waals surface area contributed by atoms with Crippen molar-refractivity contribution in [2.24, 2.45) is 0 Å². The molecule has 3 rings (SSSR count). The lowest BCUT2D eigenvalue weighted by molar-refractivity contribution is 0.102. The highest BCUT2D eigenvalue weighted by atomic mass is 32.2. The maximum atomic E-state index is 13.5. The van der Waals surface area contributed by atoms with Crippen molar-refractivity contribution in [3.63, 3.8) is 0 Å². The van der Waals surface area contributed by atoms with Gasteiger partial charge in [0.1, 0.15) is 16.5 Å². The quantitative estimate of drug-likeness (QED) is 0.573. The van der Waals surface area contributed by atoms with Crippen LogP contribution in [0.25, 0.3) is 0 Å². The van der Waals surface area contributed by atoms with Gasteiger partial charge in [-0.05, 0) is 49.7 Å². The Hall–Kier alpha value is -3.10. The zero-order chi connectivity index (χ0) is 22.6. The van der Waals surface area contributed by atoms with Gasteiger partial charge in [0.15, 0.2) is 0 Å². The van der Waals surface area contributed by atoms with E-state index in [0.717, 1.165) is 5.69 Å². The Morgan fingerprint density at radius 2 is 1.74 bits per heavy atom. The summed E-state index contributed by atoms with van der Waals surface area (Å²) in [6, 6.07) is 14.9. The maximum absolute atomic E-state index is 13.5. The third-order valence-electron chi connectivity index (χ3n) is 5.18. The van der Waals surface area contributed by atoms with Crippen LogP contribution in [-0.2, 0) is 21.1 Å². The highest BCUT2D eigenvalue weighted by molar-refractivity contribution is 7.91. The van der Waals surface area contributed by atoms with Gasteiger partial charge in [0.25, 0.3) is 5.91 Å². The molecular formula is C23H26N2O5S. The van der Waals surface area contributed by atoms with E-state index < -0.39 is 15.7 Å². The topological polar surface area (TPSA) is 86.6 Å². The van der Waals surface area contributed by atoms with Gasteiger partial charge in [-0.1, -0.05) is 24.3 Å². The van der Waals surface area contributed by atoms with Crippen LogP contribution in [-0.4, -0.2) is 39.7 Å². The molecule has 1 aromatic heterocycles. The lowest BCUT2D eigenvalue weighted by atomic mass is 10.2. The first kappa shape index (κ1) is 22.6. The Balaban J connectivity index is 2.15. The number of carbonyl (C=O) groups is 1. The Bertz CT molecular complexity index is 1180. The van der Waals surface area contributed by atoms with Gasteiger partial charge in [0, 0.05) is 24.9 Å². The first-order chi connectivity index (χ1) is 14.8. The van der Waals surface area contributed by atoms with Crippen LogP contribution in [0.15, 0.2) is 64.4 Å². The number of ether oxygens (including phenoxy) is 2. The van der Waals surface area contributed by atoms with E-state index in [-0.39, 0.29) is 15.6 Å². The monoisotopic (exact) mass is 442 g/mol. The van der Waals surface area contributed by atoms with Crippen LogP contribution in [0.3, 0.4) is 0 Å². The summed E-state index contributed by atoms with van der Waals surface area (Å²) < 4.78 is 39.2. The van der Waals surface area contributed by atoms with Gasteiger partial charge < -0.3 is 19.4 Å². The third kappa shape index (κ3) is 4.50. The maximum Gasteiger partial charge on any atom is 0.256 e. The molecule has 7 nitrogen and oxygen atoms in total. The molecule has 1 heterocycles. The Morgan fingerprint density at radius 3 is 2.39 bits per heavy atom. The van der Waals surface area contributed by atoms with E-state index in [1.54, 1.807) is 73.2 Å². The molecule has 0 fully saturated rings. The summed E-state index contributed by atoms with van der Waals surface area (Å²) >= 11 is 0. The molecular weight excluding hydrogens is 416 g/mol. The number of hydrogen-bond acceptors (Lipinski definition) is 5. The van der Waals surface area contributed by atoms with Crippen LogP contribution in [0, 0.1) is 13.8 Å². The minimum absolute atomic E-state index is 0.0866. The predicted molar refractivity (Wildman–Crippen MR) is 119 cm³/mol. The summed E-state index contributed by atoms with van der Waals surface area (Å²) in [5.74, 6) is 0.329. The Labute approximate surface area is 182 Å². The van der Waals surface area contributed by atoms with Crippen molar-refractivity contribution >= 4 is 21.6 Å². The summed E-state index contributed by atoms with van der Waals surface area (Å²) in [5.41, 5.74) is 1.69. The molecule has 0 bridgehead atoms. The van der Waals surface area contributed by atoms with E-state index in [4.69, 9.17) is 9.47 Å². The number of methoxy groups -OCH3 is 2. The number of rotatable bonds is 8. The molecule has 0 aliphatic heterocycles. The molecule has 0 aliphatic carbocycles. The van der Waals surface area contributed by atoms with Crippen LogP contribution in [0.2, 0.25) is 0 Å². The highest BCUT2D eigenvalue weighted by Gasteiger charge is 2.30. The minimum atomic E-state index is -3.87. The van der Waals surface area contributed by atoms with E-state index in [0.29, 0.717) is 30.0 Å². The van der Waals surface area contributed by atoms with Crippen molar-refractivity contribution in [3.05, 3.63) is 71.4 Å². The number of anilines is 1. The van der Waals surface area contributed by atoms with E-state index in [9.17, 15) is 13.2 Å². The number of amides is 1. The molecule has 31 heavy (non-hydrogen) atoms. The van der Waals surface area contributed by atoms with Crippen LogP contribution in [0.1, 0.15) is 21.6 Å². The molecule has 164 valence electrons. The van der Waals surface area contributed by atoms with E-state index in [1.165, 1.54) is 7.11 Å². The van der Waals surface area contributed by atoms with E-state index >= 15 is 0 Å².